The van der Waals surface area contributed by atoms with Gasteiger partial charge in [0, 0.05) is 18.6 Å². The molecule has 1 N–H and O–H groups in total. The predicted molar refractivity (Wildman–Crippen MR) is 76.0 cm³/mol. The van der Waals surface area contributed by atoms with Gasteiger partial charge in [-0.25, -0.2) is 4.79 Å². The first-order chi connectivity index (χ1) is 8.99. The number of esters is 1. The Balaban J connectivity index is 2.18. The maximum atomic E-state index is 12.4. The van der Waals surface area contributed by atoms with Crippen LogP contribution in [-0.4, -0.2) is 48.7 Å². The van der Waals surface area contributed by atoms with E-state index in [4.69, 9.17) is 4.74 Å². The summed E-state index contributed by atoms with van der Waals surface area (Å²) in [7, 11) is 1.51. The Hall–Kier alpha value is -0.610. The number of methoxy groups -OCH3 is 1. The Bertz CT molecular complexity index is 328. The van der Waals surface area contributed by atoms with Crippen molar-refractivity contribution in [2.75, 3.05) is 20.2 Å². The molecule has 19 heavy (non-hydrogen) atoms. The summed E-state index contributed by atoms with van der Waals surface area (Å²) >= 11 is 0. The van der Waals surface area contributed by atoms with Crippen molar-refractivity contribution in [3.8, 4) is 0 Å². The second-order valence-electron chi connectivity index (χ2n) is 6.50. The molecule has 0 aromatic rings. The first-order valence-electron chi connectivity index (χ1n) is 7.59. The average molecular weight is 268 g/mol. The van der Waals surface area contributed by atoms with Crippen molar-refractivity contribution in [2.45, 2.75) is 64.1 Å². The summed E-state index contributed by atoms with van der Waals surface area (Å²) < 4.78 is 5.14. The minimum atomic E-state index is -0.498. The highest BCUT2D eigenvalue weighted by atomic mass is 16.5. The Kier molecular flexibility index (Phi) is 4.51. The van der Waals surface area contributed by atoms with E-state index in [1.165, 1.54) is 20.0 Å². The molecule has 1 heterocycles. The summed E-state index contributed by atoms with van der Waals surface area (Å²) in [6.45, 7) is 8.37. The van der Waals surface area contributed by atoms with Gasteiger partial charge in [-0.05, 0) is 58.9 Å². The third-order valence-corrected chi connectivity index (χ3v) is 4.51. The third-order valence-electron chi connectivity index (χ3n) is 4.51. The molecule has 0 spiro atoms. The summed E-state index contributed by atoms with van der Waals surface area (Å²) in [4.78, 5) is 14.9. The summed E-state index contributed by atoms with van der Waals surface area (Å²) in [5.41, 5.74) is -0.498. The van der Waals surface area contributed by atoms with Crippen molar-refractivity contribution >= 4 is 5.97 Å². The van der Waals surface area contributed by atoms with Gasteiger partial charge in [-0.1, -0.05) is 0 Å². The molecule has 0 aromatic heterocycles. The molecule has 0 amide bonds. The maximum Gasteiger partial charge on any atom is 0.327 e. The van der Waals surface area contributed by atoms with Crippen LogP contribution >= 0.6 is 0 Å². The van der Waals surface area contributed by atoms with Gasteiger partial charge in [0.1, 0.15) is 5.54 Å². The van der Waals surface area contributed by atoms with Crippen LogP contribution in [0.2, 0.25) is 0 Å². The Labute approximate surface area is 116 Å². The van der Waals surface area contributed by atoms with Gasteiger partial charge < -0.3 is 4.74 Å². The molecular formula is C15H28N2O2. The summed E-state index contributed by atoms with van der Waals surface area (Å²) in [5, 5.41) is 3.54. The van der Waals surface area contributed by atoms with E-state index in [9.17, 15) is 4.79 Å². The van der Waals surface area contributed by atoms with E-state index in [1.807, 2.05) is 0 Å². The van der Waals surface area contributed by atoms with Crippen molar-refractivity contribution in [3.63, 3.8) is 0 Å². The maximum absolute atomic E-state index is 12.4. The second-order valence-corrected chi connectivity index (χ2v) is 6.50. The molecule has 1 saturated carbocycles. The number of nitrogens with zero attached hydrogens (tertiary/aromatic N) is 1. The largest absolute Gasteiger partial charge is 0.468 e. The topological polar surface area (TPSA) is 41.6 Å². The fourth-order valence-corrected chi connectivity index (χ4v) is 3.40. The molecule has 2 rings (SSSR count). The van der Waals surface area contributed by atoms with Crippen molar-refractivity contribution in [1.82, 2.24) is 10.2 Å². The van der Waals surface area contributed by atoms with Crippen LogP contribution in [0.25, 0.3) is 0 Å². The van der Waals surface area contributed by atoms with Crippen LogP contribution in [-0.2, 0) is 9.53 Å². The number of nitrogens with one attached hydrogen (secondary N) is 1. The molecule has 2 atom stereocenters. The van der Waals surface area contributed by atoms with Crippen molar-refractivity contribution in [1.29, 1.82) is 0 Å². The van der Waals surface area contributed by atoms with E-state index < -0.39 is 5.54 Å². The number of rotatable bonds is 6. The van der Waals surface area contributed by atoms with Gasteiger partial charge in [0.25, 0.3) is 0 Å². The van der Waals surface area contributed by atoms with Crippen LogP contribution in [0.5, 0.6) is 0 Å². The van der Waals surface area contributed by atoms with E-state index in [0.717, 1.165) is 25.9 Å². The lowest BCUT2D eigenvalue weighted by Gasteiger charge is -2.38. The van der Waals surface area contributed by atoms with Crippen LogP contribution in [0, 0.1) is 5.92 Å². The first kappa shape index (κ1) is 14.8. The van der Waals surface area contributed by atoms with Crippen LogP contribution < -0.4 is 5.32 Å². The lowest BCUT2D eigenvalue weighted by atomic mass is 9.91. The van der Waals surface area contributed by atoms with Gasteiger partial charge in [-0.15, -0.1) is 0 Å². The highest BCUT2D eigenvalue weighted by molar-refractivity contribution is 5.82. The highest BCUT2D eigenvalue weighted by Crippen LogP contribution is 2.42. The van der Waals surface area contributed by atoms with E-state index >= 15 is 0 Å². The van der Waals surface area contributed by atoms with Gasteiger partial charge in [-0.2, -0.15) is 0 Å². The molecule has 2 unspecified atom stereocenters. The molecular weight excluding hydrogens is 240 g/mol. The smallest absolute Gasteiger partial charge is 0.327 e. The van der Waals surface area contributed by atoms with E-state index in [-0.39, 0.29) is 12.0 Å². The molecule has 2 aliphatic rings. The molecule has 0 radical (unpaired) electrons. The number of hydrogen-bond donors (Lipinski definition) is 1. The highest BCUT2D eigenvalue weighted by Gasteiger charge is 2.53. The number of carbonyl (C=O) groups excluding carboxylic acids is 1. The molecule has 1 saturated heterocycles. The monoisotopic (exact) mass is 268 g/mol. The molecule has 110 valence electrons. The van der Waals surface area contributed by atoms with Crippen LogP contribution in [0.15, 0.2) is 0 Å². The second kappa shape index (κ2) is 5.80. The Morgan fingerprint density at radius 3 is 2.53 bits per heavy atom. The number of ether oxygens (including phenoxy) is 1. The standard InChI is InChI=1S/C15H28N2O2/c1-11(2)16-15(13-7-8-13,14(18)19-4)10-17-9-5-6-12(17)3/h11-13,16H,5-10H2,1-4H3. The molecule has 4 nitrogen and oxygen atoms in total. The summed E-state index contributed by atoms with van der Waals surface area (Å²) in [5.74, 6) is 0.359. The minimum absolute atomic E-state index is 0.0807. The van der Waals surface area contributed by atoms with Crippen molar-refractivity contribution in [3.05, 3.63) is 0 Å². The van der Waals surface area contributed by atoms with Crippen LogP contribution in [0.1, 0.15) is 46.5 Å². The van der Waals surface area contributed by atoms with E-state index in [2.05, 4.69) is 31.0 Å². The average Bonchev–Trinajstić information content (AvgIpc) is 3.13. The van der Waals surface area contributed by atoms with Crippen molar-refractivity contribution < 1.29 is 9.53 Å². The van der Waals surface area contributed by atoms with Gasteiger partial charge >= 0.3 is 5.97 Å². The van der Waals surface area contributed by atoms with Crippen LogP contribution in [0.4, 0.5) is 0 Å². The van der Waals surface area contributed by atoms with Gasteiger partial charge in [0.05, 0.1) is 7.11 Å². The number of hydrogen-bond acceptors (Lipinski definition) is 4. The number of likely N-dealkylation sites (tertiary alicyclic amines) is 1. The first-order valence-corrected chi connectivity index (χ1v) is 7.59. The Morgan fingerprint density at radius 2 is 2.11 bits per heavy atom. The van der Waals surface area contributed by atoms with Crippen LogP contribution in [0.3, 0.4) is 0 Å². The molecule has 1 aliphatic carbocycles. The zero-order valence-corrected chi connectivity index (χ0v) is 12.7. The molecule has 0 aromatic carbocycles. The molecule has 1 aliphatic heterocycles. The minimum Gasteiger partial charge on any atom is -0.468 e. The SMILES string of the molecule is COC(=O)C(CN1CCCC1C)(NC(C)C)C1CC1. The summed E-state index contributed by atoms with van der Waals surface area (Å²) in [6.07, 6.45) is 4.75. The number of carbonyl (C=O) groups is 1. The quantitative estimate of drug-likeness (QED) is 0.746. The van der Waals surface area contributed by atoms with E-state index in [1.54, 1.807) is 0 Å². The zero-order valence-electron chi connectivity index (χ0n) is 12.7. The van der Waals surface area contributed by atoms with Crippen molar-refractivity contribution in [2.24, 2.45) is 5.92 Å². The normalized spacial score (nSPS) is 27.5. The molecule has 4 heteroatoms. The van der Waals surface area contributed by atoms with Gasteiger partial charge in [0.2, 0.25) is 0 Å². The van der Waals surface area contributed by atoms with Gasteiger partial charge in [0.15, 0.2) is 0 Å². The lowest BCUT2D eigenvalue weighted by Crippen LogP contribution is -2.63. The summed E-state index contributed by atoms with van der Waals surface area (Å²) in [6, 6.07) is 0.870. The molecule has 0 bridgehead atoms. The lowest BCUT2D eigenvalue weighted by molar-refractivity contribution is -0.151. The third kappa shape index (κ3) is 3.11. The Morgan fingerprint density at radius 1 is 1.42 bits per heavy atom. The zero-order chi connectivity index (χ0) is 14.0. The van der Waals surface area contributed by atoms with E-state index in [0.29, 0.717) is 12.0 Å². The van der Waals surface area contributed by atoms with Gasteiger partial charge in [-0.3, -0.25) is 10.2 Å². The fraction of sp³-hybridized carbons (Fsp3) is 0.933. The molecule has 2 fully saturated rings. The predicted octanol–water partition coefficient (Wildman–Crippen LogP) is 1.79. The fourth-order valence-electron chi connectivity index (χ4n) is 3.40.